The van der Waals surface area contributed by atoms with Crippen LogP contribution < -0.4 is 4.90 Å². The maximum absolute atomic E-state index is 12.9. The van der Waals surface area contributed by atoms with Crippen molar-refractivity contribution in [1.29, 1.82) is 0 Å². The summed E-state index contributed by atoms with van der Waals surface area (Å²) in [6, 6.07) is 4.76. The Hall–Kier alpha value is -1.38. The molecule has 162 valence electrons. The Kier molecular flexibility index (Phi) is 6.61. The van der Waals surface area contributed by atoms with Gasteiger partial charge in [0.2, 0.25) is 0 Å². The molecule has 0 spiro atoms. The second-order valence-electron chi connectivity index (χ2n) is 8.49. The highest BCUT2D eigenvalue weighted by Gasteiger charge is 2.33. The van der Waals surface area contributed by atoms with Crippen molar-refractivity contribution in [3.05, 3.63) is 23.9 Å². The Bertz CT molecular complexity index is 650. The van der Waals surface area contributed by atoms with Gasteiger partial charge in [0.15, 0.2) is 0 Å². The van der Waals surface area contributed by atoms with Crippen LogP contribution in [0.25, 0.3) is 0 Å². The lowest BCUT2D eigenvalue weighted by Gasteiger charge is -2.43. The van der Waals surface area contributed by atoms with Gasteiger partial charge in [0, 0.05) is 52.0 Å². The molecule has 1 aromatic heterocycles. The molecule has 3 fully saturated rings. The molecule has 0 amide bonds. The molecule has 0 saturated carbocycles. The summed E-state index contributed by atoms with van der Waals surface area (Å²) in [5, 5.41) is 0. The number of halogens is 3. The van der Waals surface area contributed by atoms with E-state index < -0.39 is 11.9 Å². The quantitative estimate of drug-likeness (QED) is 0.759. The fraction of sp³-hybridized carbons (Fsp3) is 0.762. The molecule has 4 rings (SSSR count). The lowest BCUT2D eigenvalue weighted by atomic mass is 9.96. The first-order chi connectivity index (χ1) is 14.0. The Morgan fingerprint density at radius 1 is 0.931 bits per heavy atom. The van der Waals surface area contributed by atoms with Crippen molar-refractivity contribution in [3.8, 4) is 0 Å². The molecule has 0 atom stereocenters. The van der Waals surface area contributed by atoms with E-state index >= 15 is 0 Å². The molecule has 3 saturated heterocycles. The summed E-state index contributed by atoms with van der Waals surface area (Å²) in [5.74, 6) is 1.22. The number of piperidine rings is 1. The Morgan fingerprint density at radius 2 is 1.62 bits per heavy atom. The second kappa shape index (κ2) is 9.18. The average Bonchev–Trinajstić information content (AvgIpc) is 2.75. The van der Waals surface area contributed by atoms with Gasteiger partial charge < -0.3 is 14.5 Å². The van der Waals surface area contributed by atoms with E-state index in [-0.39, 0.29) is 0 Å². The molecular weight excluding hydrogens is 381 g/mol. The van der Waals surface area contributed by atoms with Crippen LogP contribution in [0.5, 0.6) is 0 Å². The molecule has 5 nitrogen and oxygen atoms in total. The third kappa shape index (κ3) is 5.41. The maximum atomic E-state index is 12.9. The molecule has 3 aliphatic rings. The summed E-state index contributed by atoms with van der Waals surface area (Å²) in [5.41, 5.74) is -0.811. The summed E-state index contributed by atoms with van der Waals surface area (Å²) >= 11 is 0. The van der Waals surface area contributed by atoms with Crippen LogP contribution in [0.2, 0.25) is 0 Å². The van der Waals surface area contributed by atoms with E-state index in [0.717, 1.165) is 64.5 Å². The first kappa shape index (κ1) is 20.9. The lowest BCUT2D eigenvalue weighted by Crippen LogP contribution is -2.53. The summed E-state index contributed by atoms with van der Waals surface area (Å²) in [6.07, 6.45) is 0.351. The Morgan fingerprint density at radius 3 is 2.28 bits per heavy atom. The molecule has 0 radical (unpaired) electrons. The number of likely N-dealkylation sites (tertiary alicyclic amines) is 1. The standard InChI is InChI=1S/C21H31F3N4O/c22-21(23,24)19-2-1-3-20(25-19)28-12-10-27(11-13-28)18-4-8-26(9-5-18)16-17-6-14-29-15-7-17/h1-3,17-18H,4-16H2. The number of hydrogen-bond donors (Lipinski definition) is 0. The van der Waals surface area contributed by atoms with Gasteiger partial charge in [0.05, 0.1) is 0 Å². The smallest absolute Gasteiger partial charge is 0.381 e. The molecule has 0 unspecified atom stereocenters. The minimum absolute atomic E-state index is 0.436. The SMILES string of the molecule is FC(F)(F)c1cccc(N2CCN(C3CCN(CC4CCOCC4)CC3)CC2)n1. The monoisotopic (exact) mass is 412 g/mol. The van der Waals surface area contributed by atoms with Gasteiger partial charge in [0.25, 0.3) is 0 Å². The van der Waals surface area contributed by atoms with Crippen LogP contribution in [0.1, 0.15) is 31.4 Å². The van der Waals surface area contributed by atoms with Crippen LogP contribution in [0.15, 0.2) is 18.2 Å². The predicted molar refractivity (Wildman–Crippen MR) is 106 cm³/mol. The van der Waals surface area contributed by atoms with Crippen LogP contribution in [0.3, 0.4) is 0 Å². The van der Waals surface area contributed by atoms with E-state index in [1.807, 2.05) is 4.90 Å². The van der Waals surface area contributed by atoms with Crippen LogP contribution >= 0.6 is 0 Å². The topological polar surface area (TPSA) is 31.8 Å². The Balaban J connectivity index is 1.23. The number of ether oxygens (including phenoxy) is 1. The fourth-order valence-corrected chi connectivity index (χ4v) is 4.83. The summed E-state index contributed by atoms with van der Waals surface area (Å²) in [4.78, 5) is 10.9. The van der Waals surface area contributed by atoms with Crippen molar-refractivity contribution < 1.29 is 17.9 Å². The minimum atomic E-state index is -4.39. The van der Waals surface area contributed by atoms with E-state index in [4.69, 9.17) is 4.74 Å². The molecule has 29 heavy (non-hydrogen) atoms. The van der Waals surface area contributed by atoms with E-state index in [0.29, 0.717) is 11.9 Å². The average molecular weight is 413 g/mol. The fourth-order valence-electron chi connectivity index (χ4n) is 4.83. The zero-order chi connectivity index (χ0) is 20.3. The van der Waals surface area contributed by atoms with E-state index in [9.17, 15) is 13.2 Å². The summed E-state index contributed by atoms with van der Waals surface area (Å²) in [6.45, 7) is 8.57. The highest BCUT2D eigenvalue weighted by atomic mass is 19.4. The molecule has 0 aliphatic carbocycles. The van der Waals surface area contributed by atoms with Gasteiger partial charge in [-0.1, -0.05) is 6.07 Å². The van der Waals surface area contributed by atoms with E-state index in [2.05, 4.69) is 14.8 Å². The normalized spacial score (nSPS) is 24.2. The van der Waals surface area contributed by atoms with Gasteiger partial charge in [-0.25, -0.2) is 4.98 Å². The number of rotatable bonds is 4. The van der Waals surface area contributed by atoms with Gasteiger partial charge in [-0.2, -0.15) is 13.2 Å². The van der Waals surface area contributed by atoms with Gasteiger partial charge >= 0.3 is 6.18 Å². The molecule has 0 bridgehead atoms. The first-order valence-corrected chi connectivity index (χ1v) is 10.8. The van der Waals surface area contributed by atoms with Gasteiger partial charge in [0.1, 0.15) is 11.5 Å². The van der Waals surface area contributed by atoms with Crippen LogP contribution in [0.4, 0.5) is 19.0 Å². The van der Waals surface area contributed by atoms with Crippen molar-refractivity contribution in [2.24, 2.45) is 5.92 Å². The number of nitrogens with zero attached hydrogens (tertiary/aromatic N) is 4. The highest BCUT2D eigenvalue weighted by molar-refractivity contribution is 5.40. The van der Waals surface area contributed by atoms with E-state index in [1.54, 1.807) is 6.07 Å². The molecule has 3 aliphatic heterocycles. The predicted octanol–water partition coefficient (Wildman–Crippen LogP) is 3.11. The van der Waals surface area contributed by atoms with E-state index in [1.165, 1.54) is 38.3 Å². The molecular formula is C21H31F3N4O. The largest absolute Gasteiger partial charge is 0.433 e. The molecule has 0 aromatic carbocycles. The number of pyridine rings is 1. The Labute approximate surface area is 170 Å². The molecule has 8 heteroatoms. The highest BCUT2D eigenvalue weighted by Crippen LogP contribution is 2.29. The number of aromatic nitrogens is 1. The molecule has 1 aromatic rings. The zero-order valence-electron chi connectivity index (χ0n) is 16.9. The number of anilines is 1. The van der Waals surface area contributed by atoms with Crippen molar-refractivity contribution in [2.45, 2.75) is 37.9 Å². The molecule has 4 heterocycles. The van der Waals surface area contributed by atoms with Crippen LogP contribution in [0, 0.1) is 5.92 Å². The summed E-state index contributed by atoms with van der Waals surface area (Å²) in [7, 11) is 0. The van der Waals surface area contributed by atoms with Crippen LogP contribution in [-0.2, 0) is 10.9 Å². The van der Waals surface area contributed by atoms with Gasteiger partial charge in [-0.05, 0) is 56.8 Å². The maximum Gasteiger partial charge on any atom is 0.433 e. The minimum Gasteiger partial charge on any atom is -0.381 e. The first-order valence-electron chi connectivity index (χ1n) is 10.8. The second-order valence-corrected chi connectivity index (χ2v) is 8.49. The number of alkyl halides is 3. The van der Waals surface area contributed by atoms with Crippen molar-refractivity contribution >= 4 is 5.82 Å². The third-order valence-corrected chi connectivity index (χ3v) is 6.59. The zero-order valence-corrected chi connectivity index (χ0v) is 16.9. The molecule has 0 N–H and O–H groups in total. The van der Waals surface area contributed by atoms with Crippen molar-refractivity contribution in [2.75, 3.05) is 63.9 Å². The summed E-state index contributed by atoms with van der Waals surface area (Å²) < 4.78 is 44.2. The number of hydrogen-bond acceptors (Lipinski definition) is 5. The third-order valence-electron chi connectivity index (χ3n) is 6.59. The van der Waals surface area contributed by atoms with Crippen molar-refractivity contribution in [3.63, 3.8) is 0 Å². The number of piperazine rings is 1. The van der Waals surface area contributed by atoms with Gasteiger partial charge in [-0.15, -0.1) is 0 Å². The van der Waals surface area contributed by atoms with Gasteiger partial charge in [-0.3, -0.25) is 4.90 Å². The lowest BCUT2D eigenvalue weighted by molar-refractivity contribution is -0.141. The van der Waals surface area contributed by atoms with Crippen LogP contribution in [-0.4, -0.2) is 79.9 Å². The van der Waals surface area contributed by atoms with Crippen molar-refractivity contribution in [1.82, 2.24) is 14.8 Å².